The lowest BCUT2D eigenvalue weighted by Gasteiger charge is -2.42. The van der Waals surface area contributed by atoms with Crippen molar-refractivity contribution in [2.75, 3.05) is 6.61 Å². The summed E-state index contributed by atoms with van der Waals surface area (Å²) in [4.78, 5) is 11.9. The largest absolute Gasteiger partial charge is 0.508 e. The summed E-state index contributed by atoms with van der Waals surface area (Å²) < 4.78 is 10.3. The van der Waals surface area contributed by atoms with Gasteiger partial charge in [-0.3, -0.25) is 0 Å². The molecule has 6 heteroatoms. The number of hydrogen-bond donors (Lipinski definition) is 3. The summed E-state index contributed by atoms with van der Waals surface area (Å²) in [5.74, 6) is 0.800. The summed E-state index contributed by atoms with van der Waals surface area (Å²) in [6.07, 6.45) is 13.3. The van der Waals surface area contributed by atoms with Crippen molar-refractivity contribution in [1.29, 1.82) is 0 Å². The van der Waals surface area contributed by atoms with Gasteiger partial charge in [0.15, 0.2) is 0 Å². The fraction of sp³-hybridized carbons (Fsp3) is 0.700. The molecule has 6 atom stereocenters. The van der Waals surface area contributed by atoms with Gasteiger partial charge in [-0.25, -0.2) is 4.79 Å². The third-order valence-electron chi connectivity index (χ3n) is 8.46. The number of hydrogen-bond acceptors (Lipinski definition) is 6. The smallest absolute Gasteiger partial charge is 0.434 e. The number of carbonyl (C=O) groups excluding carboxylic acids is 1. The number of fused-ring (bicyclic) bond motifs is 1. The lowest BCUT2D eigenvalue weighted by Crippen LogP contribution is -2.40. The molecule has 0 aromatic carbocycles. The molecule has 3 rings (SSSR count). The van der Waals surface area contributed by atoms with Crippen molar-refractivity contribution in [3.05, 3.63) is 47.6 Å². The highest BCUT2D eigenvalue weighted by Gasteiger charge is 2.49. The molecule has 3 fully saturated rings. The first-order valence-electron chi connectivity index (χ1n) is 13.6. The standard InChI is InChI=1S/C30H46O6/c1-6-16-35-28(34)36-29(3,4)27(33)14-9-20(2)25-12-13-26-22(8-7-15-30(25,26)5)11-10-21-17-23(31)19-24(32)18-21/h9-11,14,23-27,31-33H,2,6-8,12-13,15-19H2,1,3-5H3/b14-9+,22-11+/t23-,24-,25-,26+,27-,30-/m1/s1. The minimum atomic E-state index is -1.11. The van der Waals surface area contributed by atoms with Crippen LogP contribution in [0.2, 0.25) is 0 Å². The predicted molar refractivity (Wildman–Crippen MR) is 141 cm³/mol. The Morgan fingerprint density at radius 2 is 1.92 bits per heavy atom. The maximum atomic E-state index is 11.9. The highest BCUT2D eigenvalue weighted by atomic mass is 16.7. The predicted octanol–water partition coefficient (Wildman–Crippen LogP) is 5.78. The van der Waals surface area contributed by atoms with Crippen LogP contribution in [0.1, 0.15) is 85.5 Å². The molecule has 3 aliphatic carbocycles. The second-order valence-electron chi connectivity index (χ2n) is 11.7. The monoisotopic (exact) mass is 502 g/mol. The fourth-order valence-electron chi connectivity index (χ4n) is 6.43. The van der Waals surface area contributed by atoms with Crippen LogP contribution in [0.3, 0.4) is 0 Å². The van der Waals surface area contributed by atoms with Gasteiger partial charge in [0.05, 0.1) is 18.8 Å². The van der Waals surface area contributed by atoms with Crippen LogP contribution in [-0.2, 0) is 9.47 Å². The van der Waals surface area contributed by atoms with Crippen LogP contribution in [0, 0.1) is 17.3 Å². The Kier molecular flexibility index (Phi) is 9.64. The fourth-order valence-corrected chi connectivity index (χ4v) is 6.43. The van der Waals surface area contributed by atoms with E-state index >= 15 is 0 Å². The lowest BCUT2D eigenvalue weighted by atomic mass is 9.62. The van der Waals surface area contributed by atoms with Crippen LogP contribution >= 0.6 is 0 Å². The quantitative estimate of drug-likeness (QED) is 0.288. The van der Waals surface area contributed by atoms with E-state index in [1.54, 1.807) is 19.9 Å². The van der Waals surface area contributed by atoms with E-state index in [9.17, 15) is 20.1 Å². The molecule has 0 unspecified atom stereocenters. The molecule has 0 aromatic heterocycles. The van der Waals surface area contributed by atoms with Crippen molar-refractivity contribution in [2.24, 2.45) is 17.3 Å². The van der Waals surface area contributed by atoms with Gasteiger partial charge >= 0.3 is 6.16 Å². The van der Waals surface area contributed by atoms with E-state index in [0.717, 1.165) is 43.3 Å². The molecule has 0 aliphatic heterocycles. The molecule has 0 heterocycles. The molecular weight excluding hydrogens is 456 g/mol. The van der Waals surface area contributed by atoms with E-state index in [0.29, 0.717) is 37.5 Å². The van der Waals surface area contributed by atoms with Gasteiger partial charge in [0, 0.05) is 0 Å². The molecule has 3 N–H and O–H groups in total. The Morgan fingerprint density at radius 3 is 2.58 bits per heavy atom. The second-order valence-corrected chi connectivity index (χ2v) is 11.7. The van der Waals surface area contributed by atoms with Crippen molar-refractivity contribution in [1.82, 2.24) is 0 Å². The zero-order valence-corrected chi connectivity index (χ0v) is 22.5. The maximum Gasteiger partial charge on any atom is 0.508 e. The summed E-state index contributed by atoms with van der Waals surface area (Å²) in [6, 6.07) is 0. The normalized spacial score (nSPS) is 32.9. The van der Waals surface area contributed by atoms with Gasteiger partial charge in [0.2, 0.25) is 0 Å². The van der Waals surface area contributed by atoms with E-state index in [1.807, 2.05) is 13.0 Å². The molecule has 0 saturated heterocycles. The van der Waals surface area contributed by atoms with Gasteiger partial charge < -0.3 is 24.8 Å². The van der Waals surface area contributed by atoms with Crippen LogP contribution in [-0.4, -0.2) is 52.0 Å². The van der Waals surface area contributed by atoms with Crippen molar-refractivity contribution >= 4 is 6.16 Å². The zero-order valence-electron chi connectivity index (χ0n) is 22.5. The molecule has 0 aromatic rings. The molecule has 36 heavy (non-hydrogen) atoms. The van der Waals surface area contributed by atoms with E-state index in [-0.39, 0.29) is 12.0 Å². The number of aliphatic hydroxyl groups is 3. The van der Waals surface area contributed by atoms with Crippen molar-refractivity contribution in [3.63, 3.8) is 0 Å². The van der Waals surface area contributed by atoms with E-state index in [2.05, 4.69) is 25.7 Å². The molecule has 0 radical (unpaired) electrons. The van der Waals surface area contributed by atoms with Crippen molar-refractivity contribution < 1.29 is 29.6 Å². The van der Waals surface area contributed by atoms with Gasteiger partial charge in [-0.2, -0.15) is 0 Å². The minimum absolute atomic E-state index is 0.108. The van der Waals surface area contributed by atoms with Gasteiger partial charge in [-0.15, -0.1) is 0 Å². The summed E-state index contributed by atoms with van der Waals surface area (Å²) >= 11 is 0. The van der Waals surface area contributed by atoms with Gasteiger partial charge in [-0.1, -0.05) is 61.4 Å². The number of aliphatic hydroxyl groups excluding tert-OH is 3. The third kappa shape index (κ3) is 6.90. The summed E-state index contributed by atoms with van der Waals surface area (Å²) in [6.45, 7) is 12.3. The number of carbonyl (C=O) groups is 1. The Hall–Kier alpha value is -1.89. The Balaban J connectivity index is 1.66. The van der Waals surface area contributed by atoms with Crippen molar-refractivity contribution in [2.45, 2.75) is 109 Å². The first-order valence-corrected chi connectivity index (χ1v) is 13.6. The number of rotatable bonds is 8. The van der Waals surface area contributed by atoms with Gasteiger partial charge in [-0.05, 0) is 88.9 Å². The van der Waals surface area contributed by atoms with Crippen LogP contribution < -0.4 is 0 Å². The second kappa shape index (κ2) is 12.1. The Morgan fingerprint density at radius 1 is 1.22 bits per heavy atom. The molecule has 0 spiro atoms. The van der Waals surface area contributed by atoms with Crippen LogP contribution in [0.4, 0.5) is 4.79 Å². The molecule has 3 aliphatic rings. The SMILES string of the molecule is C=C(/C=C/[C@@H](O)C(C)(C)OC(=O)OCCC)[C@H]1CC[C@H]2/C(=C/C=C3C[C@@H](O)C[C@H](O)C3)CCC[C@]12C. The van der Waals surface area contributed by atoms with Crippen LogP contribution in [0.15, 0.2) is 47.6 Å². The topological polar surface area (TPSA) is 96.2 Å². The molecule has 0 amide bonds. The van der Waals surface area contributed by atoms with Crippen LogP contribution in [0.25, 0.3) is 0 Å². The highest BCUT2D eigenvalue weighted by Crippen LogP contribution is 2.59. The highest BCUT2D eigenvalue weighted by molar-refractivity contribution is 5.60. The van der Waals surface area contributed by atoms with Crippen molar-refractivity contribution in [3.8, 4) is 0 Å². The number of ether oxygens (including phenoxy) is 2. The molecule has 0 bridgehead atoms. The molecule has 6 nitrogen and oxygen atoms in total. The zero-order chi connectivity index (χ0) is 26.5. The summed E-state index contributed by atoms with van der Waals surface area (Å²) in [5, 5.41) is 30.7. The van der Waals surface area contributed by atoms with E-state index in [4.69, 9.17) is 9.47 Å². The lowest BCUT2D eigenvalue weighted by molar-refractivity contribution is -0.0666. The molecule has 202 valence electrons. The Bertz CT molecular complexity index is 872. The van der Waals surface area contributed by atoms with Gasteiger partial charge in [0.25, 0.3) is 0 Å². The summed E-state index contributed by atoms with van der Waals surface area (Å²) in [7, 11) is 0. The molecule has 3 saturated carbocycles. The molecular formula is C30H46O6. The average molecular weight is 503 g/mol. The first kappa shape index (κ1) is 28.7. The Labute approximate surface area is 216 Å². The maximum absolute atomic E-state index is 11.9. The third-order valence-corrected chi connectivity index (χ3v) is 8.46. The van der Waals surface area contributed by atoms with E-state index in [1.165, 1.54) is 5.57 Å². The van der Waals surface area contributed by atoms with Gasteiger partial charge in [0.1, 0.15) is 11.7 Å². The summed E-state index contributed by atoms with van der Waals surface area (Å²) in [5.41, 5.74) is 2.58. The first-order chi connectivity index (χ1) is 17.0. The minimum Gasteiger partial charge on any atom is -0.434 e. The average Bonchev–Trinajstić information content (AvgIpc) is 3.16. The van der Waals surface area contributed by atoms with E-state index < -0.39 is 30.1 Å². The van der Waals surface area contributed by atoms with Crippen LogP contribution in [0.5, 0.6) is 0 Å². The number of allylic oxidation sites excluding steroid dienone is 5.